The third-order valence-corrected chi connectivity index (χ3v) is 16.0. The van der Waals surface area contributed by atoms with Gasteiger partial charge in [0.1, 0.15) is 6.10 Å². The molecule has 0 N–H and O–H groups in total. The number of hydrogen-bond acceptors (Lipinski definition) is 2. The molecular formula is C51H92O2. The van der Waals surface area contributed by atoms with E-state index in [2.05, 4.69) is 47.6 Å². The first-order valence-electron chi connectivity index (χ1n) is 24.6. The molecule has 3 fully saturated rings. The minimum absolute atomic E-state index is 0.0682. The molecule has 0 aliphatic heterocycles. The van der Waals surface area contributed by atoms with Crippen LogP contribution in [0.3, 0.4) is 0 Å². The molecule has 2 nitrogen and oxygen atoms in total. The molecule has 4 aliphatic rings. The maximum absolute atomic E-state index is 12.9. The lowest BCUT2D eigenvalue weighted by atomic mass is 9.47. The Morgan fingerprint density at radius 2 is 1.21 bits per heavy atom. The quantitative estimate of drug-likeness (QED) is 0.0454. The maximum atomic E-state index is 12.9. The highest BCUT2D eigenvalue weighted by molar-refractivity contribution is 5.69. The third kappa shape index (κ3) is 14.0. The fourth-order valence-corrected chi connectivity index (χ4v) is 12.7. The fourth-order valence-electron chi connectivity index (χ4n) is 12.7. The van der Waals surface area contributed by atoms with Crippen LogP contribution in [-0.2, 0) is 9.53 Å². The molecule has 0 saturated heterocycles. The van der Waals surface area contributed by atoms with Crippen LogP contribution >= 0.6 is 0 Å². The number of carbonyl (C=O) groups excluding carboxylic acids is 1. The van der Waals surface area contributed by atoms with E-state index in [1.54, 1.807) is 5.57 Å². The van der Waals surface area contributed by atoms with Gasteiger partial charge in [-0.25, -0.2) is 0 Å². The summed E-state index contributed by atoms with van der Waals surface area (Å²) in [4.78, 5) is 12.9. The van der Waals surface area contributed by atoms with E-state index in [0.29, 0.717) is 17.3 Å². The van der Waals surface area contributed by atoms with Gasteiger partial charge in [-0.3, -0.25) is 4.79 Å². The summed E-state index contributed by atoms with van der Waals surface area (Å²) in [5.41, 5.74) is 2.54. The van der Waals surface area contributed by atoms with Crippen molar-refractivity contribution in [2.24, 2.45) is 46.3 Å². The summed E-state index contributed by atoms with van der Waals surface area (Å²) in [5.74, 6) is 5.34. The first kappa shape index (κ1) is 44.9. The Bertz CT molecular complexity index is 1030. The Morgan fingerprint density at radius 3 is 1.75 bits per heavy atom. The van der Waals surface area contributed by atoms with Gasteiger partial charge in [0.2, 0.25) is 0 Å². The number of hydrogen-bond donors (Lipinski definition) is 0. The van der Waals surface area contributed by atoms with Crippen LogP contribution in [0.15, 0.2) is 11.6 Å². The summed E-state index contributed by atoms with van der Waals surface area (Å²) in [7, 11) is 0. The van der Waals surface area contributed by atoms with Crippen LogP contribution < -0.4 is 0 Å². The molecule has 0 aromatic rings. The molecule has 2 heteroatoms. The van der Waals surface area contributed by atoms with Gasteiger partial charge >= 0.3 is 5.97 Å². The molecule has 0 amide bonds. The van der Waals surface area contributed by atoms with E-state index in [-0.39, 0.29) is 12.1 Å². The normalized spacial score (nSPS) is 30.1. The summed E-state index contributed by atoms with van der Waals surface area (Å²) < 4.78 is 6.16. The van der Waals surface area contributed by atoms with Crippen molar-refractivity contribution in [3.63, 3.8) is 0 Å². The van der Waals surface area contributed by atoms with Gasteiger partial charge in [-0.15, -0.1) is 0 Å². The second-order valence-electron chi connectivity index (χ2n) is 20.5. The lowest BCUT2D eigenvalue weighted by Gasteiger charge is -2.58. The van der Waals surface area contributed by atoms with Gasteiger partial charge in [-0.1, -0.05) is 201 Å². The molecule has 0 spiro atoms. The van der Waals surface area contributed by atoms with Crippen LogP contribution in [-0.4, -0.2) is 12.1 Å². The number of carbonyl (C=O) groups is 1. The predicted molar refractivity (Wildman–Crippen MR) is 230 cm³/mol. The molecule has 4 aliphatic carbocycles. The Hall–Kier alpha value is -0.790. The van der Waals surface area contributed by atoms with Crippen molar-refractivity contribution in [2.45, 2.75) is 260 Å². The highest BCUT2D eigenvalue weighted by Crippen LogP contribution is 2.67. The molecule has 53 heavy (non-hydrogen) atoms. The van der Waals surface area contributed by atoms with Crippen molar-refractivity contribution in [1.29, 1.82) is 0 Å². The standard InChI is InChI=1S/C51H92O2/c1-7-8-9-10-11-12-13-14-15-16-17-18-19-20-21-22-23-24-25-26-27-31-49(52)53-44-36-38-50(5)43(40-44)32-33-45-47-35-34-46(42(4)30-28-29-41(2)3)51(47,6)39-37-48(45)50/h32,41-42,44-48H,7-31,33-40H2,1-6H3/t42-,44+,45?,46?,47?,48?,50+,51-/m1/s1. The van der Waals surface area contributed by atoms with Crippen LogP contribution in [0.5, 0.6) is 0 Å². The lowest BCUT2D eigenvalue weighted by Crippen LogP contribution is -2.51. The van der Waals surface area contributed by atoms with E-state index >= 15 is 0 Å². The first-order valence-corrected chi connectivity index (χ1v) is 24.6. The molecule has 0 aromatic heterocycles. The van der Waals surface area contributed by atoms with Gasteiger partial charge < -0.3 is 4.74 Å². The van der Waals surface area contributed by atoms with Crippen LogP contribution in [0.4, 0.5) is 0 Å². The molecular weight excluding hydrogens is 645 g/mol. The van der Waals surface area contributed by atoms with E-state index in [0.717, 1.165) is 54.8 Å². The molecule has 3 saturated carbocycles. The van der Waals surface area contributed by atoms with E-state index < -0.39 is 0 Å². The van der Waals surface area contributed by atoms with E-state index in [1.165, 1.54) is 186 Å². The zero-order valence-electron chi connectivity index (χ0n) is 36.8. The smallest absolute Gasteiger partial charge is 0.306 e. The zero-order chi connectivity index (χ0) is 37.9. The second kappa shape index (κ2) is 24.1. The van der Waals surface area contributed by atoms with Crippen molar-refractivity contribution in [2.75, 3.05) is 0 Å². The second-order valence-corrected chi connectivity index (χ2v) is 20.5. The number of esters is 1. The van der Waals surface area contributed by atoms with Crippen LogP contribution in [0, 0.1) is 46.3 Å². The molecule has 0 aromatic carbocycles. The molecule has 0 bridgehead atoms. The highest BCUT2D eigenvalue weighted by Gasteiger charge is 2.59. The van der Waals surface area contributed by atoms with Crippen LogP contribution in [0.25, 0.3) is 0 Å². The van der Waals surface area contributed by atoms with Crippen molar-refractivity contribution < 1.29 is 9.53 Å². The summed E-state index contributed by atoms with van der Waals surface area (Å²) in [6, 6.07) is 0. The minimum atomic E-state index is 0.0682. The summed E-state index contributed by atoms with van der Waals surface area (Å²) in [6.07, 6.45) is 47.3. The summed E-state index contributed by atoms with van der Waals surface area (Å²) in [6.45, 7) is 15.0. The Balaban J connectivity index is 1.00. The van der Waals surface area contributed by atoms with Gasteiger partial charge in [0.05, 0.1) is 0 Å². The summed E-state index contributed by atoms with van der Waals surface area (Å²) >= 11 is 0. The number of unbranched alkanes of at least 4 members (excludes halogenated alkanes) is 20. The molecule has 8 atom stereocenters. The highest BCUT2D eigenvalue weighted by atomic mass is 16.5. The fraction of sp³-hybridized carbons (Fsp3) is 0.941. The van der Waals surface area contributed by atoms with Crippen molar-refractivity contribution >= 4 is 5.97 Å². The van der Waals surface area contributed by atoms with Gasteiger partial charge in [0, 0.05) is 12.8 Å². The third-order valence-electron chi connectivity index (χ3n) is 16.0. The number of allylic oxidation sites excluding steroid dienone is 1. The zero-order valence-corrected chi connectivity index (χ0v) is 36.8. The number of rotatable bonds is 28. The van der Waals surface area contributed by atoms with E-state index in [4.69, 9.17) is 4.74 Å². The Kier molecular flexibility index (Phi) is 20.4. The van der Waals surface area contributed by atoms with Crippen LogP contribution in [0.2, 0.25) is 0 Å². The Morgan fingerprint density at radius 1 is 0.660 bits per heavy atom. The molecule has 308 valence electrons. The van der Waals surface area contributed by atoms with Gasteiger partial charge in [-0.05, 0) is 97.7 Å². The predicted octanol–water partition coefficient (Wildman–Crippen LogP) is 16.5. The van der Waals surface area contributed by atoms with Crippen molar-refractivity contribution in [3.8, 4) is 0 Å². The first-order chi connectivity index (χ1) is 25.7. The summed E-state index contributed by atoms with van der Waals surface area (Å²) in [5, 5.41) is 0. The van der Waals surface area contributed by atoms with E-state index in [9.17, 15) is 4.79 Å². The Labute approximate surface area is 332 Å². The largest absolute Gasteiger partial charge is 0.462 e. The van der Waals surface area contributed by atoms with Crippen molar-refractivity contribution in [1.82, 2.24) is 0 Å². The monoisotopic (exact) mass is 737 g/mol. The van der Waals surface area contributed by atoms with Crippen molar-refractivity contribution in [3.05, 3.63) is 11.6 Å². The average molecular weight is 737 g/mol. The number of ether oxygens (including phenoxy) is 1. The van der Waals surface area contributed by atoms with Crippen LogP contribution in [0.1, 0.15) is 253 Å². The topological polar surface area (TPSA) is 26.3 Å². The van der Waals surface area contributed by atoms with E-state index in [1.807, 2.05) is 0 Å². The number of fused-ring (bicyclic) bond motifs is 5. The lowest BCUT2D eigenvalue weighted by molar-refractivity contribution is -0.151. The SMILES string of the molecule is CCCCCCCCCCCCCCCCCCCCCCCC(=O)O[C@H]1CC[C@@]2(C)C(=CCC3C4CCC([C@H](C)CCCC(C)C)[C@@]4(C)CCC32)C1. The molecule has 4 unspecified atom stereocenters. The van der Waals surface area contributed by atoms with Gasteiger partial charge in [-0.2, -0.15) is 0 Å². The molecule has 4 rings (SSSR count). The molecule has 0 radical (unpaired) electrons. The van der Waals surface area contributed by atoms with Gasteiger partial charge in [0.15, 0.2) is 0 Å². The average Bonchev–Trinajstić information content (AvgIpc) is 3.49. The van der Waals surface area contributed by atoms with Gasteiger partial charge in [0.25, 0.3) is 0 Å². The molecule has 0 heterocycles. The minimum Gasteiger partial charge on any atom is -0.462 e. The maximum Gasteiger partial charge on any atom is 0.306 e.